The summed E-state index contributed by atoms with van der Waals surface area (Å²) < 4.78 is 5.35. The third kappa shape index (κ3) is 3.74. The quantitative estimate of drug-likeness (QED) is 0.841. The van der Waals surface area contributed by atoms with Gasteiger partial charge in [0.1, 0.15) is 5.76 Å². The van der Waals surface area contributed by atoms with Gasteiger partial charge in [0.05, 0.1) is 6.26 Å². The molecule has 0 amide bonds. The van der Waals surface area contributed by atoms with E-state index in [9.17, 15) is 0 Å². The Hall–Kier alpha value is -1.54. The van der Waals surface area contributed by atoms with Crippen molar-refractivity contribution in [1.29, 1.82) is 0 Å². The number of rotatable bonds is 6. The Balaban J connectivity index is 1.74. The molecule has 2 aromatic rings. The minimum atomic E-state index is 0.445. The van der Waals surface area contributed by atoms with Gasteiger partial charge in [-0.05, 0) is 50.1 Å². The summed E-state index contributed by atoms with van der Waals surface area (Å²) in [5, 5.41) is 3.54. The van der Waals surface area contributed by atoms with Crippen LogP contribution < -0.4 is 5.32 Å². The lowest BCUT2D eigenvalue weighted by atomic mass is 10.1. The molecule has 0 aliphatic carbocycles. The minimum absolute atomic E-state index is 0.445. The van der Waals surface area contributed by atoms with E-state index in [1.165, 1.54) is 11.1 Å². The monoisotopic (exact) mass is 243 g/mol. The molecule has 2 rings (SSSR count). The van der Waals surface area contributed by atoms with E-state index in [-0.39, 0.29) is 0 Å². The van der Waals surface area contributed by atoms with Crippen LogP contribution in [-0.4, -0.2) is 12.6 Å². The molecular formula is C16H21NO. The maximum atomic E-state index is 5.35. The Morgan fingerprint density at radius 1 is 1.17 bits per heavy atom. The van der Waals surface area contributed by atoms with Gasteiger partial charge < -0.3 is 9.73 Å². The van der Waals surface area contributed by atoms with E-state index in [0.717, 1.165) is 25.1 Å². The molecule has 1 N–H and O–H groups in total. The Kier molecular flexibility index (Phi) is 4.59. The SMILES string of the molecule is Cc1ccccc1CCNC(C)Cc1ccco1. The van der Waals surface area contributed by atoms with Crippen molar-refractivity contribution in [2.24, 2.45) is 0 Å². The highest BCUT2D eigenvalue weighted by Gasteiger charge is 2.05. The molecule has 2 nitrogen and oxygen atoms in total. The van der Waals surface area contributed by atoms with Gasteiger partial charge in [-0.1, -0.05) is 24.3 Å². The van der Waals surface area contributed by atoms with Crippen molar-refractivity contribution in [2.75, 3.05) is 6.54 Å². The number of benzene rings is 1. The fourth-order valence-electron chi connectivity index (χ4n) is 2.15. The van der Waals surface area contributed by atoms with E-state index in [0.29, 0.717) is 6.04 Å². The Labute approximate surface area is 109 Å². The Morgan fingerprint density at radius 3 is 2.72 bits per heavy atom. The molecule has 0 bridgehead atoms. The van der Waals surface area contributed by atoms with Crippen molar-refractivity contribution in [2.45, 2.75) is 32.7 Å². The third-order valence-corrected chi connectivity index (χ3v) is 3.24. The summed E-state index contributed by atoms with van der Waals surface area (Å²) >= 11 is 0. The normalized spacial score (nSPS) is 12.6. The zero-order chi connectivity index (χ0) is 12.8. The van der Waals surface area contributed by atoms with Gasteiger partial charge in [0, 0.05) is 12.5 Å². The van der Waals surface area contributed by atoms with E-state index in [4.69, 9.17) is 4.42 Å². The molecule has 2 heteroatoms. The minimum Gasteiger partial charge on any atom is -0.469 e. The predicted molar refractivity (Wildman–Crippen MR) is 74.8 cm³/mol. The molecule has 0 aliphatic heterocycles. The van der Waals surface area contributed by atoms with Crippen molar-refractivity contribution in [3.05, 3.63) is 59.5 Å². The Bertz CT molecular complexity index is 462. The van der Waals surface area contributed by atoms with Gasteiger partial charge in [-0.2, -0.15) is 0 Å². The molecular weight excluding hydrogens is 222 g/mol. The first kappa shape index (κ1) is 12.9. The van der Waals surface area contributed by atoms with Crippen molar-refractivity contribution in [1.82, 2.24) is 5.32 Å². The molecule has 1 atom stereocenters. The molecule has 0 saturated heterocycles. The fourth-order valence-corrected chi connectivity index (χ4v) is 2.15. The fraction of sp³-hybridized carbons (Fsp3) is 0.375. The van der Waals surface area contributed by atoms with Crippen LogP contribution in [0.15, 0.2) is 47.1 Å². The number of hydrogen-bond donors (Lipinski definition) is 1. The summed E-state index contributed by atoms with van der Waals surface area (Å²) in [6.07, 6.45) is 3.76. The van der Waals surface area contributed by atoms with Crippen molar-refractivity contribution >= 4 is 0 Å². The van der Waals surface area contributed by atoms with Gasteiger partial charge in [-0.3, -0.25) is 0 Å². The second-order valence-electron chi connectivity index (χ2n) is 4.82. The average Bonchev–Trinajstić information content (AvgIpc) is 2.84. The third-order valence-electron chi connectivity index (χ3n) is 3.24. The molecule has 1 aromatic carbocycles. The van der Waals surface area contributed by atoms with Crippen LogP contribution in [0.5, 0.6) is 0 Å². The van der Waals surface area contributed by atoms with Gasteiger partial charge in [0.15, 0.2) is 0 Å². The average molecular weight is 243 g/mol. The molecule has 0 aliphatic rings. The van der Waals surface area contributed by atoms with Gasteiger partial charge >= 0.3 is 0 Å². The van der Waals surface area contributed by atoms with Crippen LogP contribution in [0.2, 0.25) is 0 Å². The lowest BCUT2D eigenvalue weighted by molar-refractivity contribution is 0.458. The van der Waals surface area contributed by atoms with E-state index in [2.05, 4.69) is 43.4 Å². The number of nitrogens with one attached hydrogen (secondary N) is 1. The summed E-state index contributed by atoms with van der Waals surface area (Å²) in [6.45, 7) is 5.37. The zero-order valence-corrected chi connectivity index (χ0v) is 11.1. The molecule has 1 heterocycles. The first-order valence-corrected chi connectivity index (χ1v) is 6.56. The molecule has 0 fully saturated rings. The van der Waals surface area contributed by atoms with E-state index in [1.807, 2.05) is 12.1 Å². The summed E-state index contributed by atoms with van der Waals surface area (Å²) in [4.78, 5) is 0. The Morgan fingerprint density at radius 2 is 2.00 bits per heavy atom. The van der Waals surface area contributed by atoms with Crippen molar-refractivity contribution in [3.8, 4) is 0 Å². The first-order chi connectivity index (χ1) is 8.75. The molecule has 0 radical (unpaired) electrons. The first-order valence-electron chi connectivity index (χ1n) is 6.56. The second kappa shape index (κ2) is 6.41. The number of hydrogen-bond acceptors (Lipinski definition) is 2. The molecule has 0 saturated carbocycles. The largest absolute Gasteiger partial charge is 0.469 e. The van der Waals surface area contributed by atoms with Crippen molar-refractivity contribution < 1.29 is 4.42 Å². The zero-order valence-electron chi connectivity index (χ0n) is 11.1. The topological polar surface area (TPSA) is 25.2 Å². The van der Waals surface area contributed by atoms with Gasteiger partial charge in [0.25, 0.3) is 0 Å². The molecule has 0 spiro atoms. The lowest BCUT2D eigenvalue weighted by Gasteiger charge is -2.13. The van der Waals surface area contributed by atoms with E-state index >= 15 is 0 Å². The van der Waals surface area contributed by atoms with Crippen LogP contribution >= 0.6 is 0 Å². The number of furan rings is 1. The maximum absolute atomic E-state index is 5.35. The standard InChI is InChI=1S/C16H21NO/c1-13-6-3-4-7-15(13)9-10-17-14(2)12-16-8-5-11-18-16/h3-8,11,14,17H,9-10,12H2,1-2H3. The maximum Gasteiger partial charge on any atom is 0.105 e. The molecule has 1 aromatic heterocycles. The highest BCUT2D eigenvalue weighted by molar-refractivity contribution is 5.25. The second-order valence-corrected chi connectivity index (χ2v) is 4.82. The lowest BCUT2D eigenvalue weighted by Crippen LogP contribution is -2.29. The van der Waals surface area contributed by atoms with Crippen LogP contribution in [-0.2, 0) is 12.8 Å². The van der Waals surface area contributed by atoms with Crippen LogP contribution in [0.4, 0.5) is 0 Å². The van der Waals surface area contributed by atoms with Crippen LogP contribution in [0.1, 0.15) is 23.8 Å². The summed E-state index contributed by atoms with van der Waals surface area (Å²) in [6, 6.07) is 13.0. The summed E-state index contributed by atoms with van der Waals surface area (Å²) in [7, 11) is 0. The van der Waals surface area contributed by atoms with Gasteiger partial charge in [-0.15, -0.1) is 0 Å². The van der Waals surface area contributed by atoms with E-state index in [1.54, 1.807) is 6.26 Å². The van der Waals surface area contributed by atoms with Crippen LogP contribution in [0, 0.1) is 6.92 Å². The summed E-state index contributed by atoms with van der Waals surface area (Å²) in [5.41, 5.74) is 2.80. The smallest absolute Gasteiger partial charge is 0.105 e. The van der Waals surface area contributed by atoms with Crippen molar-refractivity contribution in [3.63, 3.8) is 0 Å². The number of aryl methyl sites for hydroxylation is 1. The predicted octanol–water partition coefficient (Wildman–Crippen LogP) is 3.35. The molecule has 1 unspecified atom stereocenters. The van der Waals surface area contributed by atoms with Crippen LogP contribution in [0.25, 0.3) is 0 Å². The van der Waals surface area contributed by atoms with Gasteiger partial charge in [0.2, 0.25) is 0 Å². The highest BCUT2D eigenvalue weighted by atomic mass is 16.3. The molecule has 18 heavy (non-hydrogen) atoms. The molecule has 96 valence electrons. The van der Waals surface area contributed by atoms with Crippen LogP contribution in [0.3, 0.4) is 0 Å². The van der Waals surface area contributed by atoms with Gasteiger partial charge in [-0.25, -0.2) is 0 Å². The summed E-state index contributed by atoms with van der Waals surface area (Å²) in [5.74, 6) is 1.05. The highest BCUT2D eigenvalue weighted by Crippen LogP contribution is 2.08. The van der Waals surface area contributed by atoms with E-state index < -0.39 is 0 Å².